The van der Waals surface area contributed by atoms with E-state index in [4.69, 9.17) is 0 Å². The van der Waals surface area contributed by atoms with Crippen molar-refractivity contribution in [3.63, 3.8) is 0 Å². The molecule has 0 bridgehead atoms. The van der Waals surface area contributed by atoms with E-state index < -0.39 is 27.4 Å². The van der Waals surface area contributed by atoms with Crippen molar-refractivity contribution in [1.29, 1.82) is 0 Å². The first-order chi connectivity index (χ1) is 13.5. The number of amides is 1. The molecule has 0 spiro atoms. The number of non-ortho nitro benzene ring substituents is 1. The molecule has 29 heavy (non-hydrogen) atoms. The predicted molar refractivity (Wildman–Crippen MR) is 112 cm³/mol. The largest absolute Gasteiger partial charge is 0.348 e. The predicted octanol–water partition coefficient (Wildman–Crippen LogP) is 3.25. The van der Waals surface area contributed by atoms with Crippen LogP contribution in [0.5, 0.6) is 0 Å². The number of nitrogens with zero attached hydrogens (tertiary/aromatic N) is 2. The molecule has 0 aliphatic carbocycles. The number of nitro benzene ring substituents is 1. The Morgan fingerprint density at radius 3 is 2.31 bits per heavy atom. The van der Waals surface area contributed by atoms with Gasteiger partial charge in [-0.05, 0) is 31.4 Å². The highest BCUT2D eigenvalue weighted by Crippen LogP contribution is 2.27. The summed E-state index contributed by atoms with van der Waals surface area (Å²) in [6.45, 7) is 5.05. The van der Waals surface area contributed by atoms with E-state index in [1.807, 2.05) is 38.1 Å². The first kappa shape index (κ1) is 22.4. The van der Waals surface area contributed by atoms with Crippen molar-refractivity contribution in [3.8, 4) is 0 Å². The number of nitrogens with one attached hydrogen (secondary N) is 1. The van der Waals surface area contributed by atoms with Gasteiger partial charge in [-0.1, -0.05) is 42.8 Å². The highest BCUT2D eigenvalue weighted by atomic mass is 32.2. The quantitative estimate of drug-likeness (QED) is 0.522. The molecule has 1 atom stereocenters. The number of hydrogen-bond donors (Lipinski definition) is 1. The molecule has 0 fully saturated rings. The first-order valence-corrected chi connectivity index (χ1v) is 11.0. The zero-order chi connectivity index (χ0) is 21.8. The molecule has 0 aromatic heterocycles. The van der Waals surface area contributed by atoms with Crippen LogP contribution >= 0.6 is 0 Å². The Kier molecular flexibility index (Phi) is 6.97. The first-order valence-electron chi connectivity index (χ1n) is 9.11. The van der Waals surface area contributed by atoms with Crippen LogP contribution < -0.4 is 9.62 Å². The van der Waals surface area contributed by atoms with E-state index in [-0.39, 0.29) is 17.4 Å². The van der Waals surface area contributed by atoms with Gasteiger partial charge in [-0.2, -0.15) is 0 Å². The third kappa shape index (κ3) is 5.77. The molecule has 0 radical (unpaired) electrons. The molecule has 0 unspecified atom stereocenters. The fourth-order valence-electron chi connectivity index (χ4n) is 2.95. The van der Waals surface area contributed by atoms with E-state index in [1.165, 1.54) is 18.2 Å². The lowest BCUT2D eigenvalue weighted by Crippen LogP contribution is -2.41. The van der Waals surface area contributed by atoms with Gasteiger partial charge in [0.05, 0.1) is 22.9 Å². The summed E-state index contributed by atoms with van der Waals surface area (Å²) < 4.78 is 25.6. The van der Waals surface area contributed by atoms with Gasteiger partial charge < -0.3 is 5.32 Å². The van der Waals surface area contributed by atoms with Gasteiger partial charge in [0.2, 0.25) is 15.9 Å². The number of carbonyl (C=O) groups excluding carboxylic acids is 1. The van der Waals surface area contributed by atoms with Crippen molar-refractivity contribution in [2.24, 2.45) is 0 Å². The normalized spacial score (nSPS) is 12.3. The van der Waals surface area contributed by atoms with Crippen molar-refractivity contribution in [3.05, 3.63) is 69.3 Å². The maximum Gasteiger partial charge on any atom is 0.271 e. The number of carbonyl (C=O) groups is 1. The Morgan fingerprint density at radius 1 is 1.17 bits per heavy atom. The van der Waals surface area contributed by atoms with Crippen LogP contribution in [-0.2, 0) is 14.8 Å². The van der Waals surface area contributed by atoms with Gasteiger partial charge >= 0.3 is 0 Å². The van der Waals surface area contributed by atoms with Crippen molar-refractivity contribution >= 4 is 27.3 Å². The molecule has 1 amide bonds. The smallest absolute Gasteiger partial charge is 0.271 e. The van der Waals surface area contributed by atoms with E-state index in [2.05, 4.69) is 5.32 Å². The van der Waals surface area contributed by atoms with Gasteiger partial charge in [-0.3, -0.25) is 19.2 Å². The number of benzene rings is 2. The average molecular weight is 420 g/mol. The number of nitro groups is 1. The summed E-state index contributed by atoms with van der Waals surface area (Å²) in [5.74, 6) is -0.492. The van der Waals surface area contributed by atoms with E-state index in [1.54, 1.807) is 6.92 Å². The molecule has 2 rings (SSSR count). The van der Waals surface area contributed by atoms with Crippen LogP contribution in [0.3, 0.4) is 0 Å². The molecule has 9 heteroatoms. The monoisotopic (exact) mass is 419 g/mol. The minimum Gasteiger partial charge on any atom is -0.348 e. The standard InChI is InChI=1S/C20H25N3O5S/c1-5-18(16-9-6-14(2)7-10-16)21-20(24)13-22(29(4,27)28)19-12-17(23(25)26)11-8-15(19)3/h6-12,18H,5,13H2,1-4H3,(H,21,24)/t18-/m1/s1. The highest BCUT2D eigenvalue weighted by molar-refractivity contribution is 7.92. The Balaban J connectivity index is 2.29. The summed E-state index contributed by atoms with van der Waals surface area (Å²) in [5, 5.41) is 13.9. The third-order valence-corrected chi connectivity index (χ3v) is 5.71. The van der Waals surface area contributed by atoms with Crippen LogP contribution in [0.2, 0.25) is 0 Å². The Labute approximate surface area is 170 Å². The molecule has 2 aromatic rings. The summed E-state index contributed by atoms with van der Waals surface area (Å²) >= 11 is 0. The van der Waals surface area contributed by atoms with Gasteiger partial charge in [-0.15, -0.1) is 0 Å². The SMILES string of the molecule is CC[C@@H](NC(=O)CN(c1cc([N+](=O)[O-])ccc1C)S(C)(=O)=O)c1ccc(C)cc1. The van der Waals surface area contributed by atoms with Crippen molar-refractivity contribution in [1.82, 2.24) is 5.32 Å². The highest BCUT2D eigenvalue weighted by Gasteiger charge is 2.25. The minimum atomic E-state index is -3.84. The molecule has 156 valence electrons. The molecule has 8 nitrogen and oxygen atoms in total. The molecular formula is C20H25N3O5S. The van der Waals surface area contributed by atoms with Crippen LogP contribution in [0.15, 0.2) is 42.5 Å². The second-order valence-corrected chi connectivity index (χ2v) is 8.84. The van der Waals surface area contributed by atoms with Crippen molar-refractivity contribution in [2.45, 2.75) is 33.2 Å². The number of rotatable bonds is 8. The van der Waals surface area contributed by atoms with Crippen LogP contribution in [0, 0.1) is 24.0 Å². The molecule has 2 aromatic carbocycles. The van der Waals surface area contributed by atoms with Gasteiger partial charge in [0, 0.05) is 12.1 Å². The molecule has 0 saturated heterocycles. The lowest BCUT2D eigenvalue weighted by Gasteiger charge is -2.25. The summed E-state index contributed by atoms with van der Waals surface area (Å²) in [7, 11) is -3.84. The minimum absolute atomic E-state index is 0.111. The molecule has 0 heterocycles. The summed E-state index contributed by atoms with van der Waals surface area (Å²) in [6, 6.07) is 11.4. The fraction of sp³-hybridized carbons (Fsp3) is 0.350. The van der Waals surface area contributed by atoms with Crippen molar-refractivity contribution in [2.75, 3.05) is 17.1 Å². The number of hydrogen-bond acceptors (Lipinski definition) is 5. The summed E-state index contributed by atoms with van der Waals surface area (Å²) in [4.78, 5) is 23.1. The third-order valence-electron chi connectivity index (χ3n) is 4.58. The molecule has 0 aliphatic heterocycles. The second kappa shape index (κ2) is 9.04. The molecule has 0 aliphatic rings. The Morgan fingerprint density at radius 2 is 1.79 bits per heavy atom. The zero-order valence-corrected chi connectivity index (χ0v) is 17.7. The van der Waals surface area contributed by atoms with Gasteiger partial charge in [0.1, 0.15) is 6.54 Å². The molecule has 1 N–H and O–H groups in total. The topological polar surface area (TPSA) is 110 Å². The van der Waals surface area contributed by atoms with E-state index in [0.29, 0.717) is 12.0 Å². The maximum atomic E-state index is 12.7. The Bertz CT molecular complexity index is 1000. The lowest BCUT2D eigenvalue weighted by atomic mass is 10.0. The number of aryl methyl sites for hydroxylation is 2. The molecule has 0 saturated carbocycles. The maximum absolute atomic E-state index is 12.7. The average Bonchev–Trinajstić information content (AvgIpc) is 2.64. The van der Waals surface area contributed by atoms with Gasteiger partial charge in [0.15, 0.2) is 0 Å². The Hall–Kier alpha value is -2.94. The number of anilines is 1. The molecular weight excluding hydrogens is 394 g/mol. The second-order valence-electron chi connectivity index (χ2n) is 6.94. The number of sulfonamides is 1. The van der Waals surface area contributed by atoms with E-state index in [0.717, 1.165) is 21.7 Å². The fourth-order valence-corrected chi connectivity index (χ4v) is 3.86. The van der Waals surface area contributed by atoms with E-state index >= 15 is 0 Å². The lowest BCUT2D eigenvalue weighted by molar-refractivity contribution is -0.384. The van der Waals surface area contributed by atoms with Crippen LogP contribution in [0.1, 0.15) is 36.1 Å². The summed E-state index contributed by atoms with van der Waals surface area (Å²) in [6.07, 6.45) is 1.60. The summed E-state index contributed by atoms with van der Waals surface area (Å²) in [5.41, 5.74) is 2.40. The van der Waals surface area contributed by atoms with Gasteiger partial charge in [0.25, 0.3) is 5.69 Å². The van der Waals surface area contributed by atoms with Crippen LogP contribution in [0.25, 0.3) is 0 Å². The van der Waals surface area contributed by atoms with Crippen LogP contribution in [0.4, 0.5) is 11.4 Å². The van der Waals surface area contributed by atoms with Crippen LogP contribution in [-0.4, -0.2) is 32.0 Å². The zero-order valence-electron chi connectivity index (χ0n) is 16.9. The van der Waals surface area contributed by atoms with E-state index in [9.17, 15) is 23.3 Å². The van der Waals surface area contributed by atoms with Crippen molar-refractivity contribution < 1.29 is 18.1 Å². The van der Waals surface area contributed by atoms with Gasteiger partial charge in [-0.25, -0.2) is 8.42 Å².